The molecule has 1 heterocycles. The quantitative estimate of drug-likeness (QED) is 0.274. The van der Waals surface area contributed by atoms with Gasteiger partial charge in [-0.1, -0.05) is 12.1 Å². The number of ether oxygens (including phenoxy) is 1. The molecule has 4 aromatic rings. The predicted molar refractivity (Wildman–Crippen MR) is 105 cm³/mol. The van der Waals surface area contributed by atoms with Gasteiger partial charge in [-0.2, -0.15) is 0 Å². The Balaban J connectivity index is 1.82. The number of rotatable bonds is 4. The summed E-state index contributed by atoms with van der Waals surface area (Å²) in [7, 11) is 1.34. The molecule has 0 bridgehead atoms. The summed E-state index contributed by atoms with van der Waals surface area (Å²) in [5, 5.41) is 16.6. The number of methoxy groups -OCH3 is 1. The molecule has 0 saturated heterocycles. The number of benzene rings is 3. The number of imidazole rings is 1. The van der Waals surface area contributed by atoms with Gasteiger partial charge < -0.3 is 4.74 Å². The summed E-state index contributed by atoms with van der Waals surface area (Å²) in [5.41, 5.74) is 5.32. The van der Waals surface area contributed by atoms with E-state index in [0.717, 1.165) is 17.3 Å². The number of aromatic nitrogens is 2. The van der Waals surface area contributed by atoms with E-state index in [-0.39, 0.29) is 11.6 Å². The van der Waals surface area contributed by atoms with Crippen molar-refractivity contribution in [3.8, 4) is 22.6 Å². The van der Waals surface area contributed by atoms with Crippen LogP contribution in [0.4, 0.5) is 8.78 Å². The van der Waals surface area contributed by atoms with Crippen molar-refractivity contribution >= 4 is 16.9 Å². The molecule has 0 unspecified atom stereocenters. The van der Waals surface area contributed by atoms with E-state index in [0.29, 0.717) is 22.2 Å². The van der Waals surface area contributed by atoms with E-state index < -0.39 is 11.6 Å². The van der Waals surface area contributed by atoms with Crippen LogP contribution >= 0.6 is 0 Å². The highest BCUT2D eigenvalue weighted by molar-refractivity contribution is 5.98. The number of nitrogens with zero attached hydrogens (tertiary/aromatic N) is 2. The van der Waals surface area contributed by atoms with Crippen LogP contribution in [0.25, 0.3) is 27.8 Å². The van der Waals surface area contributed by atoms with Crippen molar-refractivity contribution in [3.05, 3.63) is 78.1 Å². The van der Waals surface area contributed by atoms with E-state index in [9.17, 15) is 8.78 Å². The molecule has 0 aliphatic rings. The smallest absolute Gasteiger partial charge is 0.168 e. The monoisotopic (exact) mass is 394 g/mol. The Kier molecular flexibility index (Phi) is 4.69. The molecule has 6 nitrogen and oxygen atoms in total. The van der Waals surface area contributed by atoms with Gasteiger partial charge in [0.2, 0.25) is 0 Å². The van der Waals surface area contributed by atoms with Crippen LogP contribution in [0.1, 0.15) is 5.56 Å². The summed E-state index contributed by atoms with van der Waals surface area (Å²) >= 11 is 0. The van der Waals surface area contributed by atoms with Crippen molar-refractivity contribution in [1.82, 2.24) is 15.0 Å². The van der Waals surface area contributed by atoms with Gasteiger partial charge in [0.05, 0.1) is 18.1 Å². The van der Waals surface area contributed by atoms with Gasteiger partial charge in [-0.25, -0.2) is 13.8 Å². The molecule has 0 spiro atoms. The van der Waals surface area contributed by atoms with Gasteiger partial charge in [0.1, 0.15) is 18.0 Å². The molecular weight excluding hydrogens is 378 g/mol. The van der Waals surface area contributed by atoms with Gasteiger partial charge in [0.25, 0.3) is 0 Å². The Labute approximate surface area is 164 Å². The van der Waals surface area contributed by atoms with Crippen molar-refractivity contribution in [1.29, 1.82) is 5.41 Å². The largest absolute Gasteiger partial charge is 0.493 e. The second-order valence-electron chi connectivity index (χ2n) is 6.32. The molecule has 1 aromatic heterocycles. The van der Waals surface area contributed by atoms with Crippen LogP contribution < -0.4 is 10.2 Å². The van der Waals surface area contributed by atoms with E-state index in [4.69, 9.17) is 15.4 Å². The lowest BCUT2D eigenvalue weighted by Gasteiger charge is -2.12. The zero-order valence-electron chi connectivity index (χ0n) is 15.3. The highest BCUT2D eigenvalue weighted by Gasteiger charge is 2.15. The SMILES string of the molecule is COc1c(F)cc(F)cc1-c1cccc(-n2cnc3cc(C(=N)NO)ccc32)c1. The van der Waals surface area contributed by atoms with Gasteiger partial charge in [0.15, 0.2) is 11.6 Å². The van der Waals surface area contributed by atoms with Crippen molar-refractivity contribution in [3.63, 3.8) is 0 Å². The second kappa shape index (κ2) is 7.33. The first-order chi connectivity index (χ1) is 14.0. The summed E-state index contributed by atoms with van der Waals surface area (Å²) in [6.45, 7) is 0. The molecular formula is C21H16F2N4O2. The molecule has 0 radical (unpaired) electrons. The number of hydroxylamine groups is 1. The van der Waals surface area contributed by atoms with Crippen LogP contribution in [0.15, 0.2) is 60.9 Å². The molecule has 0 aliphatic heterocycles. The summed E-state index contributed by atoms with van der Waals surface area (Å²) in [6, 6.07) is 14.3. The first-order valence-corrected chi connectivity index (χ1v) is 8.62. The Morgan fingerprint density at radius 3 is 2.72 bits per heavy atom. The van der Waals surface area contributed by atoms with Gasteiger partial charge in [-0.3, -0.25) is 20.7 Å². The number of hydrogen-bond acceptors (Lipinski definition) is 4. The third kappa shape index (κ3) is 3.30. The third-order valence-electron chi connectivity index (χ3n) is 4.60. The van der Waals surface area contributed by atoms with Crippen LogP contribution in [-0.4, -0.2) is 27.7 Å². The van der Waals surface area contributed by atoms with Crippen LogP contribution in [-0.2, 0) is 0 Å². The molecule has 0 aliphatic carbocycles. The first kappa shape index (κ1) is 18.6. The topological polar surface area (TPSA) is 83.2 Å². The Bertz CT molecular complexity index is 1240. The molecule has 0 amide bonds. The van der Waals surface area contributed by atoms with Crippen LogP contribution in [0.2, 0.25) is 0 Å². The number of amidine groups is 1. The maximum atomic E-state index is 14.1. The molecule has 0 saturated carbocycles. The van der Waals surface area contributed by atoms with Crippen molar-refractivity contribution in [2.24, 2.45) is 0 Å². The molecule has 0 fully saturated rings. The maximum absolute atomic E-state index is 14.1. The van der Waals surface area contributed by atoms with Crippen molar-refractivity contribution < 1.29 is 18.7 Å². The van der Waals surface area contributed by atoms with Crippen LogP contribution in [0.5, 0.6) is 5.75 Å². The fraction of sp³-hybridized carbons (Fsp3) is 0.0476. The first-order valence-electron chi connectivity index (χ1n) is 8.62. The van der Waals surface area contributed by atoms with Crippen molar-refractivity contribution in [2.75, 3.05) is 7.11 Å². The highest BCUT2D eigenvalue weighted by Crippen LogP contribution is 2.34. The lowest BCUT2D eigenvalue weighted by molar-refractivity contribution is 0.234. The zero-order chi connectivity index (χ0) is 20.5. The molecule has 3 aromatic carbocycles. The molecule has 146 valence electrons. The maximum Gasteiger partial charge on any atom is 0.168 e. The predicted octanol–water partition coefficient (Wildman–Crippen LogP) is 4.28. The van der Waals surface area contributed by atoms with Gasteiger partial charge in [-0.15, -0.1) is 0 Å². The molecule has 3 N–H and O–H groups in total. The average Bonchev–Trinajstić information content (AvgIpc) is 3.16. The fourth-order valence-electron chi connectivity index (χ4n) is 3.24. The van der Waals surface area contributed by atoms with E-state index in [2.05, 4.69) is 4.98 Å². The van der Waals surface area contributed by atoms with E-state index in [1.165, 1.54) is 13.2 Å². The number of nitrogens with one attached hydrogen (secondary N) is 2. The van der Waals surface area contributed by atoms with Gasteiger partial charge in [-0.05, 0) is 42.0 Å². The number of fused-ring (bicyclic) bond motifs is 1. The Morgan fingerprint density at radius 1 is 1.14 bits per heavy atom. The summed E-state index contributed by atoms with van der Waals surface area (Å²) < 4.78 is 34.8. The fourth-order valence-corrected chi connectivity index (χ4v) is 3.24. The van der Waals surface area contributed by atoms with Crippen molar-refractivity contribution in [2.45, 2.75) is 0 Å². The minimum atomic E-state index is -0.770. The standard InChI is InChI=1S/C21H16F2N4O2/c1-29-20-16(9-14(22)10-17(20)23)12-3-2-4-15(7-12)27-11-25-18-8-13(21(24)26-28)5-6-19(18)27/h2-11,28H,1H3,(H2,24,26). The molecule has 8 heteroatoms. The molecule has 29 heavy (non-hydrogen) atoms. The third-order valence-corrected chi connectivity index (χ3v) is 4.60. The van der Waals surface area contributed by atoms with Crippen LogP contribution in [0, 0.1) is 17.0 Å². The second-order valence-corrected chi connectivity index (χ2v) is 6.32. The van der Waals surface area contributed by atoms with Crippen LogP contribution in [0.3, 0.4) is 0 Å². The highest BCUT2D eigenvalue weighted by atomic mass is 19.1. The minimum Gasteiger partial charge on any atom is -0.493 e. The zero-order valence-corrected chi connectivity index (χ0v) is 15.3. The Morgan fingerprint density at radius 2 is 1.97 bits per heavy atom. The normalized spacial score (nSPS) is 10.9. The lowest BCUT2D eigenvalue weighted by atomic mass is 10.0. The summed E-state index contributed by atoms with van der Waals surface area (Å²) in [5.74, 6) is -1.62. The number of halogens is 2. The lowest BCUT2D eigenvalue weighted by Crippen LogP contribution is -2.18. The van der Waals surface area contributed by atoms with E-state index in [1.807, 2.05) is 10.6 Å². The summed E-state index contributed by atoms with van der Waals surface area (Å²) in [4.78, 5) is 4.35. The van der Waals surface area contributed by atoms with E-state index in [1.54, 1.807) is 48.2 Å². The minimum absolute atomic E-state index is 0.0290. The van der Waals surface area contributed by atoms with Gasteiger partial charge >= 0.3 is 0 Å². The molecule has 4 rings (SSSR count). The Hall–Kier alpha value is -3.78. The molecule has 0 atom stereocenters. The average molecular weight is 394 g/mol. The summed E-state index contributed by atoms with van der Waals surface area (Å²) in [6.07, 6.45) is 1.62. The number of hydrogen-bond donors (Lipinski definition) is 3. The van der Waals surface area contributed by atoms with Gasteiger partial charge in [0, 0.05) is 22.9 Å². The van der Waals surface area contributed by atoms with E-state index >= 15 is 0 Å².